The predicted molar refractivity (Wildman–Crippen MR) is 53.7 cm³/mol. The van der Waals surface area contributed by atoms with Crippen LogP contribution >= 0.6 is 0 Å². The van der Waals surface area contributed by atoms with Gasteiger partial charge in [0.25, 0.3) is 0 Å². The summed E-state index contributed by atoms with van der Waals surface area (Å²) in [7, 11) is 1.77. The Hall–Kier alpha value is -0.340. The first-order valence-electron chi connectivity index (χ1n) is 5.07. The molecule has 1 fully saturated rings. The Morgan fingerprint density at radius 2 is 2.00 bits per heavy atom. The predicted octanol–water partition coefficient (Wildman–Crippen LogP) is 2.27. The average molecular weight is 184 g/mol. The second-order valence-electron chi connectivity index (χ2n) is 3.98. The normalized spacial score (nSPS) is 23.2. The van der Waals surface area contributed by atoms with Crippen LogP contribution in [0.2, 0.25) is 0 Å². The van der Waals surface area contributed by atoms with E-state index >= 15 is 0 Å². The van der Waals surface area contributed by atoms with Crippen molar-refractivity contribution >= 4 is 0 Å². The summed E-state index contributed by atoms with van der Waals surface area (Å²) in [6.45, 7) is 2.10. The van der Waals surface area contributed by atoms with E-state index in [2.05, 4.69) is 6.08 Å². The molecular weight excluding hydrogens is 164 g/mol. The summed E-state index contributed by atoms with van der Waals surface area (Å²) in [6.07, 6.45) is 8.09. The van der Waals surface area contributed by atoms with E-state index < -0.39 is 0 Å². The smallest absolute Gasteiger partial charge is 0.0862 e. The van der Waals surface area contributed by atoms with Gasteiger partial charge in [-0.2, -0.15) is 0 Å². The fourth-order valence-electron chi connectivity index (χ4n) is 2.05. The minimum atomic E-state index is -0.0783. The Balaban J connectivity index is 2.67. The highest BCUT2D eigenvalue weighted by Gasteiger charge is 2.29. The van der Waals surface area contributed by atoms with Crippen molar-refractivity contribution in [2.24, 2.45) is 0 Å². The lowest BCUT2D eigenvalue weighted by Crippen LogP contribution is -2.32. The molecule has 1 rings (SSSR count). The number of aliphatic hydroxyl groups is 1. The lowest BCUT2D eigenvalue weighted by molar-refractivity contribution is 0.000994. The molecular formula is C11H20O2. The van der Waals surface area contributed by atoms with Crippen molar-refractivity contribution in [3.8, 4) is 0 Å². The summed E-state index contributed by atoms with van der Waals surface area (Å²) >= 11 is 0. The highest BCUT2D eigenvalue weighted by molar-refractivity contribution is 5.10. The third-order valence-corrected chi connectivity index (χ3v) is 2.87. The van der Waals surface area contributed by atoms with Crippen LogP contribution in [0.3, 0.4) is 0 Å². The van der Waals surface area contributed by atoms with E-state index in [4.69, 9.17) is 9.84 Å². The largest absolute Gasteiger partial charge is 0.392 e. The minimum Gasteiger partial charge on any atom is -0.392 e. The van der Waals surface area contributed by atoms with Crippen LogP contribution in [0.1, 0.15) is 39.0 Å². The van der Waals surface area contributed by atoms with Gasteiger partial charge in [-0.05, 0) is 25.3 Å². The number of hydrogen-bond donors (Lipinski definition) is 1. The van der Waals surface area contributed by atoms with Crippen LogP contribution in [-0.2, 0) is 4.74 Å². The SMILES string of the molecule is COC1(/C=C(/C)CO)CCCCC1. The Morgan fingerprint density at radius 3 is 2.46 bits per heavy atom. The molecule has 0 unspecified atom stereocenters. The molecule has 0 spiro atoms. The number of aliphatic hydroxyl groups excluding tert-OH is 1. The molecule has 0 heterocycles. The van der Waals surface area contributed by atoms with Gasteiger partial charge in [0.1, 0.15) is 0 Å². The summed E-state index contributed by atoms with van der Waals surface area (Å²) in [5.41, 5.74) is 0.939. The second kappa shape index (κ2) is 4.77. The molecule has 0 amide bonds. The molecule has 76 valence electrons. The van der Waals surface area contributed by atoms with Crippen molar-refractivity contribution < 1.29 is 9.84 Å². The summed E-state index contributed by atoms with van der Waals surface area (Å²) < 4.78 is 5.56. The third-order valence-electron chi connectivity index (χ3n) is 2.87. The first-order chi connectivity index (χ1) is 6.22. The topological polar surface area (TPSA) is 29.5 Å². The summed E-state index contributed by atoms with van der Waals surface area (Å²) in [5, 5.41) is 8.95. The van der Waals surface area contributed by atoms with Gasteiger partial charge in [0.05, 0.1) is 12.2 Å². The maximum absolute atomic E-state index is 8.95. The Labute approximate surface area is 80.6 Å². The van der Waals surface area contributed by atoms with Crippen LogP contribution < -0.4 is 0 Å². The standard InChI is InChI=1S/C11H20O2/c1-10(9-12)8-11(13-2)6-4-3-5-7-11/h8,12H,3-7,9H2,1-2H3/b10-8-. The minimum absolute atomic E-state index is 0.0783. The molecule has 0 aliphatic heterocycles. The summed E-state index contributed by atoms with van der Waals surface area (Å²) in [6, 6.07) is 0. The molecule has 1 N–H and O–H groups in total. The number of methoxy groups -OCH3 is 1. The van der Waals surface area contributed by atoms with Gasteiger partial charge in [0, 0.05) is 7.11 Å². The highest BCUT2D eigenvalue weighted by atomic mass is 16.5. The molecule has 1 aliphatic rings. The zero-order valence-electron chi connectivity index (χ0n) is 8.68. The Bertz CT molecular complexity index is 179. The molecule has 0 radical (unpaired) electrons. The molecule has 1 saturated carbocycles. The van der Waals surface area contributed by atoms with E-state index in [0.717, 1.165) is 18.4 Å². The lowest BCUT2D eigenvalue weighted by Gasteiger charge is -2.33. The fraction of sp³-hybridized carbons (Fsp3) is 0.818. The molecule has 0 atom stereocenters. The molecule has 0 saturated heterocycles. The Morgan fingerprint density at radius 1 is 1.38 bits per heavy atom. The van der Waals surface area contributed by atoms with Gasteiger partial charge < -0.3 is 9.84 Å². The van der Waals surface area contributed by atoms with Crippen LogP contribution in [0.15, 0.2) is 11.6 Å². The molecule has 1 aliphatic carbocycles. The highest BCUT2D eigenvalue weighted by Crippen LogP contribution is 2.32. The van der Waals surface area contributed by atoms with Crippen molar-refractivity contribution in [1.29, 1.82) is 0 Å². The molecule has 0 aromatic carbocycles. The Kier molecular flexibility index (Phi) is 3.94. The van der Waals surface area contributed by atoms with Crippen molar-refractivity contribution in [3.63, 3.8) is 0 Å². The van der Waals surface area contributed by atoms with Gasteiger partial charge in [-0.3, -0.25) is 0 Å². The molecule has 0 aromatic heterocycles. The summed E-state index contributed by atoms with van der Waals surface area (Å²) in [4.78, 5) is 0. The molecule has 0 bridgehead atoms. The van der Waals surface area contributed by atoms with Crippen LogP contribution in [0.25, 0.3) is 0 Å². The van der Waals surface area contributed by atoms with Crippen molar-refractivity contribution in [2.45, 2.75) is 44.6 Å². The van der Waals surface area contributed by atoms with Gasteiger partial charge in [0.15, 0.2) is 0 Å². The number of hydrogen-bond acceptors (Lipinski definition) is 2. The first-order valence-corrected chi connectivity index (χ1v) is 5.07. The average Bonchev–Trinajstić information content (AvgIpc) is 2.19. The van der Waals surface area contributed by atoms with E-state index in [0.29, 0.717) is 0 Å². The van der Waals surface area contributed by atoms with E-state index in [9.17, 15) is 0 Å². The van der Waals surface area contributed by atoms with E-state index in [1.807, 2.05) is 6.92 Å². The molecule has 2 heteroatoms. The van der Waals surface area contributed by atoms with Gasteiger partial charge in [-0.1, -0.05) is 25.3 Å². The number of ether oxygens (including phenoxy) is 1. The van der Waals surface area contributed by atoms with Crippen LogP contribution in [0.4, 0.5) is 0 Å². The molecule has 13 heavy (non-hydrogen) atoms. The van der Waals surface area contributed by atoms with Crippen LogP contribution in [0.5, 0.6) is 0 Å². The third kappa shape index (κ3) is 2.82. The van der Waals surface area contributed by atoms with Gasteiger partial charge in [-0.15, -0.1) is 0 Å². The lowest BCUT2D eigenvalue weighted by atomic mass is 9.83. The van der Waals surface area contributed by atoms with Gasteiger partial charge >= 0.3 is 0 Å². The zero-order chi connectivity index (χ0) is 9.73. The molecule has 2 nitrogen and oxygen atoms in total. The van der Waals surface area contributed by atoms with Crippen molar-refractivity contribution in [3.05, 3.63) is 11.6 Å². The fourth-order valence-corrected chi connectivity index (χ4v) is 2.05. The maximum Gasteiger partial charge on any atom is 0.0862 e. The van der Waals surface area contributed by atoms with Crippen molar-refractivity contribution in [2.75, 3.05) is 13.7 Å². The number of rotatable bonds is 3. The first kappa shape index (κ1) is 10.7. The van der Waals surface area contributed by atoms with Crippen LogP contribution in [0, 0.1) is 0 Å². The van der Waals surface area contributed by atoms with Gasteiger partial charge in [0.2, 0.25) is 0 Å². The van der Waals surface area contributed by atoms with Gasteiger partial charge in [-0.25, -0.2) is 0 Å². The second-order valence-corrected chi connectivity index (χ2v) is 3.98. The van der Waals surface area contributed by atoms with Crippen molar-refractivity contribution in [1.82, 2.24) is 0 Å². The monoisotopic (exact) mass is 184 g/mol. The van der Waals surface area contributed by atoms with E-state index in [1.165, 1.54) is 19.3 Å². The maximum atomic E-state index is 8.95. The zero-order valence-corrected chi connectivity index (χ0v) is 8.68. The van der Waals surface area contributed by atoms with E-state index in [-0.39, 0.29) is 12.2 Å². The quantitative estimate of drug-likeness (QED) is 0.682. The molecule has 0 aromatic rings. The van der Waals surface area contributed by atoms with Crippen LogP contribution in [-0.4, -0.2) is 24.4 Å². The summed E-state index contributed by atoms with van der Waals surface area (Å²) in [5.74, 6) is 0. The van der Waals surface area contributed by atoms with E-state index in [1.54, 1.807) is 7.11 Å².